The van der Waals surface area contributed by atoms with E-state index in [0.717, 1.165) is 5.56 Å². The van der Waals surface area contributed by atoms with Gasteiger partial charge in [-0.1, -0.05) is 78.9 Å². The van der Waals surface area contributed by atoms with Gasteiger partial charge >= 0.3 is 0 Å². The van der Waals surface area contributed by atoms with Crippen LogP contribution < -0.4 is 0 Å². The molecule has 0 N–H and O–H groups in total. The topological polar surface area (TPSA) is 17.8 Å². The van der Waals surface area contributed by atoms with Crippen LogP contribution in [0.25, 0.3) is 70.9 Å². The first-order chi connectivity index (χ1) is 17.4. The van der Waals surface area contributed by atoms with Crippen LogP contribution in [-0.2, 0) is 0 Å². The highest BCUT2D eigenvalue weighted by atomic mass is 15.0. The first-order valence-corrected chi connectivity index (χ1v) is 12.0. The second-order valence-electron chi connectivity index (χ2n) is 9.24. The fourth-order valence-corrected chi connectivity index (χ4v) is 5.96. The van der Waals surface area contributed by atoms with Gasteiger partial charge in [-0.25, -0.2) is 0 Å². The summed E-state index contributed by atoms with van der Waals surface area (Å²) in [6, 6.07) is 39.6. The van der Waals surface area contributed by atoms with Crippen LogP contribution in [0.2, 0.25) is 0 Å². The molecule has 0 unspecified atom stereocenters. The van der Waals surface area contributed by atoms with E-state index in [2.05, 4.69) is 113 Å². The van der Waals surface area contributed by atoms with E-state index >= 15 is 0 Å². The lowest BCUT2D eigenvalue weighted by atomic mass is 9.89. The van der Waals surface area contributed by atoms with Gasteiger partial charge in [0, 0.05) is 34.4 Å². The Hall–Kier alpha value is -4.69. The molecule has 0 bridgehead atoms. The van der Waals surface area contributed by atoms with E-state index in [9.17, 15) is 0 Å². The molecule has 162 valence electrons. The number of benzene rings is 6. The molecule has 2 nitrogen and oxygen atoms in total. The zero-order valence-electron chi connectivity index (χ0n) is 18.9. The Morgan fingerprint density at radius 2 is 1.29 bits per heavy atom. The lowest BCUT2D eigenvalue weighted by Gasteiger charge is -2.15. The summed E-state index contributed by atoms with van der Waals surface area (Å²) in [7, 11) is 0. The molecule has 2 heterocycles. The van der Waals surface area contributed by atoms with Gasteiger partial charge in [-0.3, -0.25) is 4.98 Å². The smallest absolute Gasteiger partial charge is 0.0553 e. The molecule has 0 aliphatic heterocycles. The summed E-state index contributed by atoms with van der Waals surface area (Å²) in [5, 5.41) is 10.4. The Bertz CT molecular complexity index is 2030. The van der Waals surface area contributed by atoms with E-state index in [0.29, 0.717) is 0 Å². The zero-order valence-corrected chi connectivity index (χ0v) is 18.9. The molecule has 2 aromatic heterocycles. The van der Waals surface area contributed by atoms with Gasteiger partial charge in [0.2, 0.25) is 0 Å². The second-order valence-corrected chi connectivity index (χ2v) is 9.24. The maximum atomic E-state index is 4.37. The summed E-state index contributed by atoms with van der Waals surface area (Å²) in [5.74, 6) is 0. The molecule has 35 heavy (non-hydrogen) atoms. The van der Waals surface area contributed by atoms with Crippen molar-refractivity contribution in [1.82, 2.24) is 9.55 Å². The van der Waals surface area contributed by atoms with Gasteiger partial charge in [-0.15, -0.1) is 0 Å². The third-order valence-corrected chi connectivity index (χ3v) is 7.40. The van der Waals surface area contributed by atoms with E-state index in [1.165, 1.54) is 65.4 Å². The van der Waals surface area contributed by atoms with Gasteiger partial charge in [0.1, 0.15) is 0 Å². The molecule has 0 fully saturated rings. The number of fused-ring (bicyclic) bond motifs is 4. The lowest BCUT2D eigenvalue weighted by Crippen LogP contribution is -1.93. The molecule has 0 aliphatic carbocycles. The predicted octanol–water partition coefficient (Wildman–Crippen LogP) is 8.74. The number of nitrogens with zero attached hydrogens (tertiary/aromatic N) is 2. The number of pyridine rings is 1. The summed E-state index contributed by atoms with van der Waals surface area (Å²) < 4.78 is 2.40. The van der Waals surface area contributed by atoms with Crippen molar-refractivity contribution in [2.75, 3.05) is 0 Å². The monoisotopic (exact) mass is 444 g/mol. The van der Waals surface area contributed by atoms with E-state index in [4.69, 9.17) is 0 Å². The van der Waals surface area contributed by atoms with Crippen molar-refractivity contribution in [1.29, 1.82) is 0 Å². The minimum atomic E-state index is 1.15. The van der Waals surface area contributed by atoms with Crippen molar-refractivity contribution in [2.45, 2.75) is 0 Å². The van der Waals surface area contributed by atoms with Crippen LogP contribution >= 0.6 is 0 Å². The molecule has 0 amide bonds. The van der Waals surface area contributed by atoms with Crippen LogP contribution in [-0.4, -0.2) is 9.55 Å². The van der Waals surface area contributed by atoms with Crippen molar-refractivity contribution in [2.24, 2.45) is 0 Å². The van der Waals surface area contributed by atoms with E-state index < -0.39 is 0 Å². The molecule has 0 saturated heterocycles. The summed E-state index contributed by atoms with van der Waals surface area (Å²) in [4.78, 5) is 4.37. The first kappa shape index (κ1) is 18.7. The average molecular weight is 445 g/mol. The molecule has 0 spiro atoms. The number of para-hydroxylation sites is 2. The summed E-state index contributed by atoms with van der Waals surface area (Å²) in [6.45, 7) is 0. The Morgan fingerprint density at radius 3 is 2.17 bits per heavy atom. The standard InChI is InChI=1S/C33H20N2/c1-2-8-24(9-3-1)35-29-11-5-4-10-27(29)33-28-17-13-21-12-15-25(23-7-6-18-34-20-23)26-16-14-22(19-30(33)35)32(28)31(21)26/h1-20H. The molecule has 8 aromatic rings. The normalized spacial score (nSPS) is 12.0. The maximum absolute atomic E-state index is 4.37. The molecule has 0 radical (unpaired) electrons. The van der Waals surface area contributed by atoms with Gasteiger partial charge in [-0.05, 0) is 68.2 Å². The van der Waals surface area contributed by atoms with Crippen molar-refractivity contribution in [3.05, 3.63) is 122 Å². The SMILES string of the molecule is c1ccc(-n2c3ccccc3c3c4ccc5ccc(-c6cccnc6)c6ccc(cc32)c4c56)cc1. The van der Waals surface area contributed by atoms with Gasteiger partial charge in [0.05, 0.1) is 11.0 Å². The van der Waals surface area contributed by atoms with Crippen molar-refractivity contribution >= 4 is 54.1 Å². The van der Waals surface area contributed by atoms with Gasteiger partial charge in [0.25, 0.3) is 0 Å². The first-order valence-electron chi connectivity index (χ1n) is 12.0. The van der Waals surface area contributed by atoms with Crippen LogP contribution in [0.4, 0.5) is 0 Å². The third-order valence-electron chi connectivity index (χ3n) is 7.40. The molecule has 2 heteroatoms. The Morgan fingerprint density at radius 1 is 0.514 bits per heavy atom. The van der Waals surface area contributed by atoms with Crippen LogP contribution in [0.1, 0.15) is 0 Å². The van der Waals surface area contributed by atoms with Gasteiger partial charge in [0.15, 0.2) is 0 Å². The molecular weight excluding hydrogens is 424 g/mol. The highest BCUT2D eigenvalue weighted by molar-refractivity contribution is 6.34. The van der Waals surface area contributed by atoms with E-state index in [1.54, 1.807) is 0 Å². The maximum Gasteiger partial charge on any atom is 0.0553 e. The quantitative estimate of drug-likeness (QED) is 0.244. The largest absolute Gasteiger partial charge is 0.309 e. The third kappa shape index (κ3) is 2.51. The molecule has 6 aromatic carbocycles. The lowest BCUT2D eigenvalue weighted by molar-refractivity contribution is 1.18. The fourth-order valence-electron chi connectivity index (χ4n) is 5.96. The summed E-state index contributed by atoms with van der Waals surface area (Å²) in [5.41, 5.74) is 6.05. The number of hydrogen-bond acceptors (Lipinski definition) is 1. The molecule has 8 rings (SSSR count). The Balaban J connectivity index is 1.59. The number of hydrogen-bond donors (Lipinski definition) is 0. The van der Waals surface area contributed by atoms with Crippen LogP contribution in [0.5, 0.6) is 0 Å². The Labute approximate surface area is 202 Å². The minimum absolute atomic E-state index is 1.15. The predicted molar refractivity (Wildman–Crippen MR) is 148 cm³/mol. The highest BCUT2D eigenvalue weighted by Gasteiger charge is 2.19. The number of aromatic nitrogens is 2. The summed E-state index contributed by atoms with van der Waals surface area (Å²) in [6.07, 6.45) is 3.79. The zero-order chi connectivity index (χ0) is 22.9. The van der Waals surface area contributed by atoms with Gasteiger partial charge in [-0.2, -0.15) is 0 Å². The van der Waals surface area contributed by atoms with Crippen molar-refractivity contribution in [3.8, 4) is 16.8 Å². The van der Waals surface area contributed by atoms with Crippen LogP contribution in [0, 0.1) is 0 Å². The molecule has 0 atom stereocenters. The minimum Gasteiger partial charge on any atom is -0.309 e. The second kappa shape index (κ2) is 6.91. The van der Waals surface area contributed by atoms with Crippen molar-refractivity contribution in [3.63, 3.8) is 0 Å². The van der Waals surface area contributed by atoms with Crippen molar-refractivity contribution < 1.29 is 0 Å². The van der Waals surface area contributed by atoms with E-state index in [1.807, 2.05) is 18.5 Å². The number of rotatable bonds is 2. The molecule has 0 aliphatic rings. The van der Waals surface area contributed by atoms with Crippen LogP contribution in [0.15, 0.2) is 122 Å². The highest BCUT2D eigenvalue weighted by Crippen LogP contribution is 2.44. The molecule has 0 saturated carbocycles. The fraction of sp³-hybridized carbons (Fsp3) is 0. The van der Waals surface area contributed by atoms with Crippen LogP contribution in [0.3, 0.4) is 0 Å². The molecular formula is C33H20N2. The van der Waals surface area contributed by atoms with E-state index in [-0.39, 0.29) is 0 Å². The summed E-state index contributed by atoms with van der Waals surface area (Å²) >= 11 is 0. The average Bonchev–Trinajstić information content (AvgIpc) is 3.26. The Kier molecular flexibility index (Phi) is 3.69. The van der Waals surface area contributed by atoms with Gasteiger partial charge < -0.3 is 4.57 Å².